The minimum absolute atomic E-state index is 0.152. The number of carbonyl (C=O) groups is 1. The van der Waals surface area contributed by atoms with Crippen molar-refractivity contribution in [3.8, 4) is 11.4 Å². The molecule has 0 bridgehead atoms. The van der Waals surface area contributed by atoms with Crippen LogP contribution in [0.3, 0.4) is 0 Å². The van der Waals surface area contributed by atoms with Gasteiger partial charge in [-0.1, -0.05) is 12.1 Å². The summed E-state index contributed by atoms with van der Waals surface area (Å²) in [6.45, 7) is 0. The van der Waals surface area contributed by atoms with Crippen LogP contribution in [-0.4, -0.2) is 21.5 Å². The van der Waals surface area contributed by atoms with Crippen molar-refractivity contribution in [1.29, 1.82) is 0 Å². The van der Waals surface area contributed by atoms with E-state index < -0.39 is 0 Å². The molecule has 1 aliphatic heterocycles. The van der Waals surface area contributed by atoms with E-state index in [1.807, 2.05) is 30.3 Å². The van der Waals surface area contributed by atoms with Gasteiger partial charge >= 0.3 is 0 Å². The standard InChI is InChI=1S/C20H13N5O/c26-20-13-6-4-10-22-18(13)17-12(5-3-9-21-17)19(20)23-11-16-24-14-7-1-2-8-15(14)25-16/h1-11,24-25H/b23-19-. The van der Waals surface area contributed by atoms with Crippen LogP contribution < -0.4 is 10.6 Å². The number of hydrogen-bond donors (Lipinski definition) is 2. The molecule has 2 N–H and O–H groups in total. The van der Waals surface area contributed by atoms with Gasteiger partial charge in [0.2, 0.25) is 5.78 Å². The van der Waals surface area contributed by atoms with E-state index in [0.717, 1.165) is 11.4 Å². The maximum absolute atomic E-state index is 12.9. The van der Waals surface area contributed by atoms with Crippen molar-refractivity contribution in [2.75, 3.05) is 10.6 Å². The summed E-state index contributed by atoms with van der Waals surface area (Å²) in [5, 5.41) is 6.47. The molecule has 5 rings (SSSR count). The molecule has 0 radical (unpaired) electrons. The van der Waals surface area contributed by atoms with Crippen molar-refractivity contribution in [2.24, 2.45) is 4.99 Å². The fourth-order valence-electron chi connectivity index (χ4n) is 3.16. The quantitative estimate of drug-likeness (QED) is 0.710. The Bertz CT molecular complexity index is 1090. The van der Waals surface area contributed by atoms with Gasteiger partial charge in [0.05, 0.1) is 28.8 Å². The second-order valence-corrected chi connectivity index (χ2v) is 5.94. The third-order valence-corrected chi connectivity index (χ3v) is 4.34. The number of fused-ring (bicyclic) bond motifs is 4. The molecule has 0 fully saturated rings. The summed E-state index contributed by atoms with van der Waals surface area (Å²) in [7, 11) is 0. The Morgan fingerprint density at radius 1 is 0.808 bits per heavy atom. The fourth-order valence-corrected chi connectivity index (χ4v) is 3.16. The van der Waals surface area contributed by atoms with Gasteiger partial charge in [-0.15, -0.1) is 0 Å². The van der Waals surface area contributed by atoms with E-state index in [0.29, 0.717) is 34.0 Å². The third-order valence-electron chi connectivity index (χ3n) is 4.34. The number of pyridine rings is 2. The summed E-state index contributed by atoms with van der Waals surface area (Å²) >= 11 is 0. The zero-order valence-corrected chi connectivity index (χ0v) is 13.6. The van der Waals surface area contributed by atoms with E-state index in [2.05, 4.69) is 25.6 Å². The number of rotatable bonds is 1. The van der Waals surface area contributed by atoms with Crippen LogP contribution in [0.5, 0.6) is 0 Å². The normalized spacial score (nSPS) is 15.6. The van der Waals surface area contributed by atoms with Crippen LogP contribution in [0, 0.1) is 0 Å². The number of Topliss-reactive ketones (excluding diaryl/α,β-unsaturated/α-hetero) is 1. The minimum Gasteiger partial charge on any atom is -0.339 e. The number of ketones is 1. The highest BCUT2D eigenvalue weighted by Gasteiger charge is 2.30. The van der Waals surface area contributed by atoms with Crippen LogP contribution in [0.15, 0.2) is 77.9 Å². The predicted molar refractivity (Wildman–Crippen MR) is 100 cm³/mol. The van der Waals surface area contributed by atoms with Gasteiger partial charge in [0.15, 0.2) is 0 Å². The van der Waals surface area contributed by atoms with Crippen LogP contribution in [0.2, 0.25) is 0 Å². The SMILES string of the molecule is O=C1/C(=N\C=C2Nc3ccccc3N2)c2cccnc2-c2ncccc21. The van der Waals surface area contributed by atoms with E-state index in [4.69, 9.17) is 0 Å². The lowest BCUT2D eigenvalue weighted by Crippen LogP contribution is -2.23. The van der Waals surface area contributed by atoms with E-state index in [9.17, 15) is 4.79 Å². The van der Waals surface area contributed by atoms with E-state index >= 15 is 0 Å². The second-order valence-electron chi connectivity index (χ2n) is 5.94. The summed E-state index contributed by atoms with van der Waals surface area (Å²) in [6.07, 6.45) is 4.99. The highest BCUT2D eigenvalue weighted by Crippen LogP contribution is 2.31. The lowest BCUT2D eigenvalue weighted by atomic mass is 9.90. The Morgan fingerprint density at radius 2 is 1.42 bits per heavy atom. The number of aromatic nitrogens is 2. The molecule has 6 nitrogen and oxygen atoms in total. The molecule has 124 valence electrons. The maximum atomic E-state index is 12.9. The molecular weight excluding hydrogens is 326 g/mol. The van der Waals surface area contributed by atoms with E-state index in [1.54, 1.807) is 36.8 Å². The molecule has 0 saturated heterocycles. The molecular formula is C20H13N5O. The molecule has 2 aliphatic rings. The molecule has 0 unspecified atom stereocenters. The van der Waals surface area contributed by atoms with E-state index in [-0.39, 0.29) is 5.78 Å². The Balaban J connectivity index is 1.59. The van der Waals surface area contributed by atoms with Crippen molar-refractivity contribution in [3.63, 3.8) is 0 Å². The number of carbonyl (C=O) groups excluding carboxylic acids is 1. The number of aliphatic imine (C=N–C) groups is 1. The number of benzene rings is 1. The molecule has 0 amide bonds. The molecule has 0 atom stereocenters. The Hall–Kier alpha value is -3.80. The van der Waals surface area contributed by atoms with Gasteiger partial charge in [-0.2, -0.15) is 0 Å². The van der Waals surface area contributed by atoms with Gasteiger partial charge in [0.1, 0.15) is 17.2 Å². The lowest BCUT2D eigenvalue weighted by molar-refractivity contribution is 0.106. The van der Waals surface area contributed by atoms with Crippen molar-refractivity contribution in [3.05, 3.63) is 84.1 Å². The lowest BCUT2D eigenvalue weighted by Gasteiger charge is -2.17. The minimum atomic E-state index is -0.152. The average molecular weight is 339 g/mol. The van der Waals surface area contributed by atoms with Gasteiger partial charge < -0.3 is 10.6 Å². The summed E-state index contributed by atoms with van der Waals surface area (Å²) in [6, 6.07) is 15.0. The summed E-state index contributed by atoms with van der Waals surface area (Å²) in [4.78, 5) is 26.2. The second kappa shape index (κ2) is 5.63. The number of para-hydroxylation sites is 2. The molecule has 26 heavy (non-hydrogen) atoms. The first-order valence-corrected chi connectivity index (χ1v) is 8.18. The van der Waals surface area contributed by atoms with E-state index in [1.165, 1.54) is 0 Å². The van der Waals surface area contributed by atoms with Crippen molar-refractivity contribution >= 4 is 22.9 Å². The van der Waals surface area contributed by atoms with Crippen LogP contribution >= 0.6 is 0 Å². The average Bonchev–Trinajstić information content (AvgIpc) is 3.11. The van der Waals surface area contributed by atoms with Gasteiger partial charge in [-0.05, 0) is 36.4 Å². The summed E-state index contributed by atoms with van der Waals surface area (Å²) in [5.41, 5.74) is 4.80. The van der Waals surface area contributed by atoms with Crippen LogP contribution in [0.1, 0.15) is 15.9 Å². The summed E-state index contributed by atoms with van der Waals surface area (Å²) < 4.78 is 0. The molecule has 1 aliphatic carbocycles. The zero-order valence-electron chi connectivity index (χ0n) is 13.6. The number of hydrogen-bond acceptors (Lipinski definition) is 6. The first-order valence-electron chi connectivity index (χ1n) is 8.18. The van der Waals surface area contributed by atoms with Crippen LogP contribution in [0.4, 0.5) is 11.4 Å². The zero-order chi connectivity index (χ0) is 17.5. The van der Waals surface area contributed by atoms with Gasteiger partial charge in [-0.3, -0.25) is 14.8 Å². The molecule has 3 heterocycles. The van der Waals surface area contributed by atoms with Gasteiger partial charge in [0, 0.05) is 18.0 Å². The first kappa shape index (κ1) is 14.5. The Labute approximate surface area is 149 Å². The smallest absolute Gasteiger partial charge is 0.214 e. The molecule has 6 heteroatoms. The largest absolute Gasteiger partial charge is 0.339 e. The number of nitrogens with zero attached hydrogens (tertiary/aromatic N) is 3. The third kappa shape index (κ3) is 2.20. The molecule has 2 aromatic heterocycles. The molecule has 0 spiro atoms. The van der Waals surface area contributed by atoms with Gasteiger partial charge in [0.25, 0.3) is 0 Å². The predicted octanol–water partition coefficient (Wildman–Crippen LogP) is 3.47. The molecule has 3 aromatic rings. The first-order chi connectivity index (χ1) is 12.8. The maximum Gasteiger partial charge on any atom is 0.214 e. The van der Waals surface area contributed by atoms with Crippen molar-refractivity contribution < 1.29 is 4.79 Å². The summed E-state index contributed by atoms with van der Waals surface area (Å²) in [5.74, 6) is 0.565. The number of anilines is 2. The van der Waals surface area contributed by atoms with Crippen molar-refractivity contribution in [2.45, 2.75) is 0 Å². The molecule has 0 saturated carbocycles. The van der Waals surface area contributed by atoms with Crippen molar-refractivity contribution in [1.82, 2.24) is 9.97 Å². The monoisotopic (exact) mass is 339 g/mol. The van der Waals surface area contributed by atoms with Crippen LogP contribution in [-0.2, 0) is 0 Å². The Kier molecular flexibility index (Phi) is 3.15. The fraction of sp³-hybridized carbons (Fsp3) is 0. The topological polar surface area (TPSA) is 79.3 Å². The Morgan fingerprint density at radius 3 is 2.12 bits per heavy atom. The highest BCUT2D eigenvalue weighted by atomic mass is 16.1. The molecule has 1 aromatic carbocycles. The van der Waals surface area contributed by atoms with Gasteiger partial charge in [-0.25, -0.2) is 4.99 Å². The van der Waals surface area contributed by atoms with Crippen LogP contribution in [0.25, 0.3) is 11.4 Å². The highest BCUT2D eigenvalue weighted by molar-refractivity contribution is 6.54. The number of nitrogens with one attached hydrogen (secondary N) is 2.